The van der Waals surface area contributed by atoms with Crippen LogP contribution < -0.4 is 11.4 Å². The summed E-state index contributed by atoms with van der Waals surface area (Å²) < 4.78 is 56.5. The molecule has 7 atom stereocenters. The molecule has 0 aromatic carbocycles. The van der Waals surface area contributed by atoms with Gasteiger partial charge in [0, 0.05) is 25.5 Å². The van der Waals surface area contributed by atoms with Gasteiger partial charge in [0.15, 0.2) is 18.1 Å². The number of nitrogens with two attached hydrogens (primary N) is 1. The Labute approximate surface area is 430 Å². The summed E-state index contributed by atoms with van der Waals surface area (Å²) in [5.41, 5.74) is 4.56. The highest BCUT2D eigenvalue weighted by Crippen LogP contribution is 2.60. The molecule has 0 spiro atoms. The average Bonchev–Trinajstić information content (AvgIpc) is 3.62. The molecule has 1 fully saturated rings. The largest absolute Gasteiger partial charge is 0.481 e. The van der Waals surface area contributed by atoms with E-state index >= 15 is 0 Å². The van der Waals surface area contributed by atoms with Gasteiger partial charge in [-0.2, -0.15) is 9.29 Å². The Morgan fingerprint density at radius 2 is 1.29 bits per heavy atom. The summed E-state index contributed by atoms with van der Waals surface area (Å²) >= 11 is 0. The topological polar surface area (TPSA) is 283 Å². The van der Waals surface area contributed by atoms with E-state index in [1.807, 2.05) is 12.2 Å². The molecule has 0 saturated carbocycles. The Bertz CT molecular complexity index is 2170. The number of hydrogen-bond donors (Lipinski definition) is 5. The van der Waals surface area contributed by atoms with Crippen molar-refractivity contribution in [2.45, 2.75) is 166 Å². The third-order valence-electron chi connectivity index (χ3n) is 10.6. The molecule has 1 aromatic rings. The number of aliphatic hydroxyl groups excluding tert-OH is 2. The minimum absolute atomic E-state index is 0.00857. The number of ketones is 1. The summed E-state index contributed by atoms with van der Waals surface area (Å²) in [4.78, 5) is 74.3. The lowest BCUT2D eigenvalue weighted by molar-refractivity contribution is -0.161. The quantitative estimate of drug-likeness (QED) is 0.0102. The number of ether oxygens (including phenoxy) is 3. The molecule has 0 amide bonds. The van der Waals surface area contributed by atoms with Gasteiger partial charge in [0.1, 0.15) is 30.7 Å². The molecule has 0 aliphatic carbocycles. The molecule has 408 valence electrons. The summed E-state index contributed by atoms with van der Waals surface area (Å²) in [6.45, 7) is 1.74. The molecule has 1 aliphatic heterocycles. The number of aromatic nitrogens is 2. The normalized spacial score (nSPS) is 19.7. The van der Waals surface area contributed by atoms with Gasteiger partial charge in [-0.1, -0.05) is 131 Å². The van der Waals surface area contributed by atoms with Gasteiger partial charge >= 0.3 is 33.3 Å². The van der Waals surface area contributed by atoms with Crippen molar-refractivity contribution >= 4 is 39.2 Å². The van der Waals surface area contributed by atoms with Crippen LogP contribution in [0.5, 0.6) is 0 Å². The first-order valence-corrected chi connectivity index (χ1v) is 28.2. The molecule has 2 rings (SSSR count). The number of rotatable bonds is 40. The predicted molar refractivity (Wildman–Crippen MR) is 280 cm³/mol. The number of hydrogen-bond acceptors (Lipinski definition) is 16. The first-order valence-electron chi connectivity index (χ1n) is 25.2. The fraction of sp³-hybridized carbons (Fsp3) is 0.558. The highest BCUT2D eigenvalue weighted by molar-refractivity contribution is 7.61. The summed E-state index contributed by atoms with van der Waals surface area (Å²) in [6, 6.07) is 1.23. The number of phosphoric acid groups is 2. The lowest BCUT2D eigenvalue weighted by atomic mass is 10.1. The third-order valence-corrected chi connectivity index (χ3v) is 13.2. The van der Waals surface area contributed by atoms with Crippen LogP contribution in [0.4, 0.5) is 5.82 Å². The highest BCUT2D eigenvalue weighted by atomic mass is 31.3. The van der Waals surface area contributed by atoms with E-state index in [4.69, 9.17) is 29.0 Å². The van der Waals surface area contributed by atoms with E-state index < -0.39 is 83.7 Å². The Kier molecular flexibility index (Phi) is 34.3. The van der Waals surface area contributed by atoms with Crippen molar-refractivity contribution < 1.29 is 71.1 Å². The minimum atomic E-state index is -5.50. The van der Waals surface area contributed by atoms with Gasteiger partial charge in [-0.25, -0.2) is 13.9 Å². The van der Waals surface area contributed by atoms with Crippen LogP contribution in [0.3, 0.4) is 0 Å². The molecule has 1 aliphatic rings. The van der Waals surface area contributed by atoms with Crippen molar-refractivity contribution in [1.82, 2.24) is 9.55 Å². The van der Waals surface area contributed by atoms with E-state index in [0.29, 0.717) is 12.8 Å². The van der Waals surface area contributed by atoms with Gasteiger partial charge in [0.2, 0.25) is 0 Å². The molecule has 1 aromatic heterocycles. The molecule has 19 nitrogen and oxygen atoms in total. The van der Waals surface area contributed by atoms with E-state index in [2.05, 4.69) is 90.0 Å². The standard InChI is InChI=1S/C52H79N3O16P2/c1-3-5-7-9-11-13-15-17-18-19-20-22-24-26-28-30-32-36-47(57)66-40-44(69-48(58)37-33-35-43(56)34-31-29-27-25-23-21-16-14-12-10-8-6-4-2)41-67-72(62,63)71-73(64,65)68-42-45-49(59)50(60)51(70-45)55-39-38-46(53)54-52(55)61/h5,7,11-14,17-18,20-23,27,29,31,34,38-39,44-45,49-51,59-60H,3-4,6,8-10,15-16,19,24-26,28,30,32-33,35-37,40-42H2,1-2H3,(H,62,63)(H,64,65)(H2,53,54,61)/b7-5-,13-11-,14-12-,18-17-,22-20-,23-21-,29-27-,34-31+/t44-,45-,49-,50-,51-/m1/s1. The average molecular weight is 1060 g/mol. The summed E-state index contributed by atoms with van der Waals surface area (Å²) in [5, 5.41) is 20.9. The molecule has 21 heteroatoms. The number of carbonyl (C=O) groups is 3. The van der Waals surface area contributed by atoms with Crippen molar-refractivity contribution in [3.8, 4) is 0 Å². The van der Waals surface area contributed by atoms with Crippen LogP contribution in [0.2, 0.25) is 0 Å². The summed E-state index contributed by atoms with van der Waals surface area (Å²) in [7, 11) is -11.0. The Hall–Kier alpha value is -4.65. The third kappa shape index (κ3) is 31.6. The van der Waals surface area contributed by atoms with Crippen LogP contribution in [0.15, 0.2) is 114 Å². The summed E-state index contributed by atoms with van der Waals surface area (Å²) in [5.74, 6) is -1.84. The molecule has 6 N–H and O–H groups in total. The maximum Gasteiger partial charge on any atom is 0.481 e. The molecule has 1 saturated heterocycles. The van der Waals surface area contributed by atoms with Crippen molar-refractivity contribution in [3.05, 3.63) is 120 Å². The minimum Gasteiger partial charge on any atom is -0.462 e. The molecule has 0 bridgehead atoms. The van der Waals surface area contributed by atoms with Crippen LogP contribution in [0.1, 0.15) is 142 Å². The van der Waals surface area contributed by atoms with Crippen LogP contribution in [0, 0.1) is 0 Å². The zero-order valence-electron chi connectivity index (χ0n) is 42.4. The lowest BCUT2D eigenvalue weighted by Crippen LogP contribution is -2.36. The Balaban J connectivity index is 1.87. The second kappa shape index (κ2) is 38.9. The van der Waals surface area contributed by atoms with E-state index in [1.54, 1.807) is 12.2 Å². The smallest absolute Gasteiger partial charge is 0.462 e. The first kappa shape index (κ1) is 64.5. The van der Waals surface area contributed by atoms with Crippen LogP contribution in [-0.4, -0.2) is 91.5 Å². The predicted octanol–water partition coefficient (Wildman–Crippen LogP) is 9.62. The van der Waals surface area contributed by atoms with Crippen molar-refractivity contribution in [1.29, 1.82) is 0 Å². The van der Waals surface area contributed by atoms with Gasteiger partial charge in [-0.15, -0.1) is 0 Å². The molecular weight excluding hydrogens is 985 g/mol. The molecule has 2 unspecified atom stereocenters. The number of esters is 2. The maximum atomic E-state index is 12.8. The number of unbranched alkanes of at least 4 members (excludes halogenated alkanes) is 7. The number of phosphoric ester groups is 2. The fourth-order valence-corrected chi connectivity index (χ4v) is 8.84. The number of nitrogen functional groups attached to an aromatic ring is 1. The second-order valence-electron chi connectivity index (χ2n) is 17.0. The first-order chi connectivity index (χ1) is 35.1. The van der Waals surface area contributed by atoms with Crippen molar-refractivity contribution in [2.75, 3.05) is 25.6 Å². The van der Waals surface area contributed by atoms with Crippen LogP contribution in [0.25, 0.3) is 0 Å². The van der Waals surface area contributed by atoms with Crippen molar-refractivity contribution in [3.63, 3.8) is 0 Å². The van der Waals surface area contributed by atoms with Gasteiger partial charge in [0.25, 0.3) is 0 Å². The number of carbonyl (C=O) groups excluding carboxylic acids is 3. The SMILES string of the molecule is CC/C=C\C/C=C\C/C=C\C/C=C\CCCCCCC(=O)OC[C@H](COP(=O)(O)OP(=O)(O)OC[C@H]1O[C@@H](n2ccc(N)nc2=O)[C@H](O)[C@@H]1O)OC(=O)CCCC(=O)/C=C/C=C\C/C=C\C/C=C\CCCCC. The van der Waals surface area contributed by atoms with Gasteiger partial charge in [-0.05, 0) is 89.2 Å². The van der Waals surface area contributed by atoms with E-state index in [1.165, 1.54) is 31.4 Å². The van der Waals surface area contributed by atoms with Crippen molar-refractivity contribution in [2.24, 2.45) is 0 Å². The number of nitrogens with zero attached hydrogens (tertiary/aromatic N) is 2. The number of anilines is 1. The zero-order valence-corrected chi connectivity index (χ0v) is 44.2. The Morgan fingerprint density at radius 3 is 1.92 bits per heavy atom. The van der Waals surface area contributed by atoms with Crippen LogP contribution in [-0.2, 0) is 51.1 Å². The zero-order chi connectivity index (χ0) is 53.6. The fourth-order valence-electron chi connectivity index (χ4n) is 6.73. The number of allylic oxidation sites excluding steroid dienone is 16. The Morgan fingerprint density at radius 1 is 0.712 bits per heavy atom. The second-order valence-corrected chi connectivity index (χ2v) is 20.0. The molecule has 2 heterocycles. The van der Waals surface area contributed by atoms with E-state index in [9.17, 15) is 48.3 Å². The molecular formula is C52H79N3O16P2. The van der Waals surface area contributed by atoms with Crippen LogP contribution >= 0.6 is 15.6 Å². The van der Waals surface area contributed by atoms with Gasteiger partial charge in [-0.3, -0.25) is 28.0 Å². The molecule has 73 heavy (non-hydrogen) atoms. The van der Waals surface area contributed by atoms with E-state index in [0.717, 1.165) is 75.0 Å². The maximum absolute atomic E-state index is 12.8. The highest BCUT2D eigenvalue weighted by Gasteiger charge is 2.46. The monoisotopic (exact) mass is 1060 g/mol. The lowest BCUT2D eigenvalue weighted by Gasteiger charge is -2.21. The molecule has 0 radical (unpaired) electrons. The summed E-state index contributed by atoms with van der Waals surface area (Å²) in [6.07, 6.45) is 39.2. The van der Waals surface area contributed by atoms with E-state index in [-0.39, 0.29) is 37.3 Å². The number of aliphatic hydroxyl groups is 2. The van der Waals surface area contributed by atoms with Gasteiger partial charge in [0.05, 0.1) is 13.2 Å². The van der Waals surface area contributed by atoms with Gasteiger partial charge < -0.3 is 39.9 Å².